The molecule has 1 aromatic carbocycles. The van der Waals surface area contributed by atoms with Crippen LogP contribution in [0, 0.1) is 0 Å². The largest absolute Gasteiger partial charge is 0.399 e. The minimum absolute atomic E-state index is 0.398. The second-order valence-electron chi connectivity index (χ2n) is 2.94. The molecule has 0 saturated carbocycles. The molecule has 1 heterocycles. The second-order valence-corrected chi connectivity index (χ2v) is 2.94. The van der Waals surface area contributed by atoms with Crippen LogP contribution < -0.4 is 5.73 Å². The Kier molecular flexibility index (Phi) is 2.18. The van der Waals surface area contributed by atoms with Gasteiger partial charge in [0, 0.05) is 23.8 Å². The first-order valence-corrected chi connectivity index (χ1v) is 4.25. The van der Waals surface area contributed by atoms with Crippen LogP contribution in [0.1, 0.15) is 5.82 Å². The van der Waals surface area contributed by atoms with Gasteiger partial charge in [-0.25, -0.2) is 9.37 Å². The van der Waals surface area contributed by atoms with Crippen molar-refractivity contribution < 1.29 is 4.39 Å². The van der Waals surface area contributed by atoms with Crippen molar-refractivity contribution in [2.24, 2.45) is 0 Å². The summed E-state index contributed by atoms with van der Waals surface area (Å²) in [4.78, 5) is 3.89. The Balaban J connectivity index is 2.44. The van der Waals surface area contributed by atoms with Gasteiger partial charge in [0.15, 0.2) is 0 Å². The number of hydrogen-bond acceptors (Lipinski definition) is 2. The maximum atomic E-state index is 12.5. The van der Waals surface area contributed by atoms with E-state index >= 15 is 0 Å². The average Bonchev–Trinajstić information content (AvgIpc) is 2.67. The molecule has 3 nitrogen and oxygen atoms in total. The molecule has 0 radical (unpaired) electrons. The van der Waals surface area contributed by atoms with Crippen molar-refractivity contribution >= 4 is 5.69 Å². The highest BCUT2D eigenvalue weighted by Crippen LogP contribution is 2.13. The molecule has 0 atom stereocenters. The third kappa shape index (κ3) is 1.46. The van der Waals surface area contributed by atoms with Crippen molar-refractivity contribution in [3.63, 3.8) is 0 Å². The topological polar surface area (TPSA) is 43.8 Å². The third-order valence-corrected chi connectivity index (χ3v) is 2.01. The zero-order chi connectivity index (χ0) is 9.97. The van der Waals surface area contributed by atoms with Crippen molar-refractivity contribution in [2.75, 3.05) is 5.73 Å². The Bertz CT molecular complexity index is 419. The van der Waals surface area contributed by atoms with Gasteiger partial charge in [0.2, 0.25) is 0 Å². The summed E-state index contributed by atoms with van der Waals surface area (Å²) in [6, 6.07) is 7.21. The Morgan fingerprint density at radius 3 is 2.64 bits per heavy atom. The van der Waals surface area contributed by atoms with E-state index in [0.29, 0.717) is 11.5 Å². The lowest BCUT2D eigenvalue weighted by molar-refractivity contribution is 0.461. The molecule has 0 aliphatic rings. The molecule has 0 bridgehead atoms. The molecule has 4 heteroatoms. The quantitative estimate of drug-likeness (QED) is 0.737. The van der Waals surface area contributed by atoms with E-state index in [0.717, 1.165) is 5.69 Å². The standard InChI is InChI=1S/C10H10FN3/c11-7-10-13-5-6-14(10)9-3-1-8(12)2-4-9/h1-6H,7,12H2. The van der Waals surface area contributed by atoms with E-state index in [4.69, 9.17) is 5.73 Å². The van der Waals surface area contributed by atoms with Gasteiger partial charge in [0.25, 0.3) is 0 Å². The summed E-state index contributed by atoms with van der Waals surface area (Å²) in [6.45, 7) is -0.572. The molecule has 1 aromatic heterocycles. The summed E-state index contributed by atoms with van der Waals surface area (Å²) >= 11 is 0. The lowest BCUT2D eigenvalue weighted by Gasteiger charge is -2.05. The van der Waals surface area contributed by atoms with Crippen LogP contribution in [-0.4, -0.2) is 9.55 Å². The highest BCUT2D eigenvalue weighted by atomic mass is 19.1. The first kappa shape index (κ1) is 8.74. The van der Waals surface area contributed by atoms with Gasteiger partial charge in [-0.05, 0) is 24.3 Å². The molecule has 0 unspecified atom stereocenters. The molecule has 0 spiro atoms. The second kappa shape index (κ2) is 3.49. The summed E-state index contributed by atoms with van der Waals surface area (Å²) in [6.07, 6.45) is 3.30. The Hall–Kier alpha value is -1.84. The van der Waals surface area contributed by atoms with Crippen LogP contribution in [0.25, 0.3) is 5.69 Å². The summed E-state index contributed by atoms with van der Waals surface area (Å²) in [5, 5.41) is 0. The van der Waals surface area contributed by atoms with E-state index in [1.54, 1.807) is 29.1 Å². The molecule has 14 heavy (non-hydrogen) atoms. The van der Waals surface area contributed by atoms with E-state index in [2.05, 4.69) is 4.98 Å². The summed E-state index contributed by atoms with van der Waals surface area (Å²) < 4.78 is 14.2. The maximum absolute atomic E-state index is 12.5. The lowest BCUT2D eigenvalue weighted by Crippen LogP contribution is -1.98. The van der Waals surface area contributed by atoms with Crippen molar-refractivity contribution in [1.82, 2.24) is 9.55 Å². The third-order valence-electron chi connectivity index (χ3n) is 2.01. The van der Waals surface area contributed by atoms with Gasteiger partial charge in [-0.1, -0.05) is 0 Å². The summed E-state index contributed by atoms with van der Waals surface area (Å²) in [7, 11) is 0. The molecule has 0 fully saturated rings. The summed E-state index contributed by atoms with van der Waals surface area (Å²) in [5.74, 6) is 0.398. The Morgan fingerprint density at radius 2 is 2.00 bits per heavy atom. The van der Waals surface area contributed by atoms with Crippen molar-refractivity contribution in [1.29, 1.82) is 0 Å². The molecule has 2 rings (SSSR count). The predicted molar refractivity (Wildman–Crippen MR) is 52.8 cm³/mol. The van der Waals surface area contributed by atoms with Crippen LogP contribution >= 0.6 is 0 Å². The summed E-state index contributed by atoms with van der Waals surface area (Å²) in [5.41, 5.74) is 7.11. The normalized spacial score (nSPS) is 10.4. The zero-order valence-electron chi connectivity index (χ0n) is 7.52. The molecule has 72 valence electrons. The maximum Gasteiger partial charge on any atom is 0.148 e. The van der Waals surface area contributed by atoms with Crippen LogP contribution in [0.15, 0.2) is 36.7 Å². The van der Waals surface area contributed by atoms with E-state index in [1.807, 2.05) is 12.1 Å². The molecule has 0 amide bonds. The number of nitrogens with two attached hydrogens (primary N) is 1. The Morgan fingerprint density at radius 1 is 1.29 bits per heavy atom. The number of benzene rings is 1. The van der Waals surface area contributed by atoms with E-state index < -0.39 is 6.67 Å². The highest BCUT2D eigenvalue weighted by molar-refractivity contribution is 5.45. The Labute approximate surface area is 81.0 Å². The fraction of sp³-hybridized carbons (Fsp3) is 0.100. The van der Waals surface area contributed by atoms with Crippen LogP contribution in [0.5, 0.6) is 0 Å². The monoisotopic (exact) mass is 191 g/mol. The van der Waals surface area contributed by atoms with Crippen LogP contribution in [0.3, 0.4) is 0 Å². The van der Waals surface area contributed by atoms with Gasteiger partial charge in [-0.15, -0.1) is 0 Å². The van der Waals surface area contributed by atoms with Crippen LogP contribution in [-0.2, 0) is 6.67 Å². The predicted octanol–water partition coefficient (Wildman–Crippen LogP) is 1.92. The van der Waals surface area contributed by atoms with E-state index in [-0.39, 0.29) is 0 Å². The number of imidazole rings is 1. The van der Waals surface area contributed by atoms with Crippen molar-refractivity contribution in [3.8, 4) is 5.69 Å². The van der Waals surface area contributed by atoms with Gasteiger partial charge in [-0.3, -0.25) is 0 Å². The fourth-order valence-corrected chi connectivity index (χ4v) is 1.30. The number of hydrogen-bond donors (Lipinski definition) is 1. The number of rotatable bonds is 2. The van der Waals surface area contributed by atoms with Gasteiger partial charge in [0.05, 0.1) is 0 Å². The zero-order valence-corrected chi connectivity index (χ0v) is 7.52. The lowest BCUT2D eigenvalue weighted by atomic mass is 10.3. The average molecular weight is 191 g/mol. The smallest absolute Gasteiger partial charge is 0.148 e. The van der Waals surface area contributed by atoms with Crippen molar-refractivity contribution in [3.05, 3.63) is 42.5 Å². The number of halogens is 1. The van der Waals surface area contributed by atoms with Crippen LogP contribution in [0.4, 0.5) is 10.1 Å². The molecular formula is C10H10FN3. The number of aromatic nitrogens is 2. The SMILES string of the molecule is Nc1ccc(-n2ccnc2CF)cc1. The van der Waals surface area contributed by atoms with Gasteiger partial charge in [0.1, 0.15) is 12.5 Å². The molecule has 0 aliphatic heterocycles. The first-order valence-electron chi connectivity index (χ1n) is 4.25. The molecule has 2 N–H and O–H groups in total. The minimum atomic E-state index is -0.572. The minimum Gasteiger partial charge on any atom is -0.399 e. The first-order chi connectivity index (χ1) is 6.81. The molecule has 0 aliphatic carbocycles. The number of nitrogens with zero attached hydrogens (tertiary/aromatic N) is 2. The number of alkyl halides is 1. The van der Waals surface area contributed by atoms with E-state index in [1.165, 1.54) is 0 Å². The molecule has 2 aromatic rings. The molecule has 0 saturated heterocycles. The van der Waals surface area contributed by atoms with Gasteiger partial charge in [-0.2, -0.15) is 0 Å². The van der Waals surface area contributed by atoms with Crippen LogP contribution in [0.2, 0.25) is 0 Å². The van der Waals surface area contributed by atoms with Crippen molar-refractivity contribution in [2.45, 2.75) is 6.67 Å². The molecular weight excluding hydrogens is 181 g/mol. The fourth-order valence-electron chi connectivity index (χ4n) is 1.30. The van der Waals surface area contributed by atoms with E-state index in [9.17, 15) is 4.39 Å². The number of anilines is 1. The highest BCUT2D eigenvalue weighted by Gasteiger charge is 2.03. The van der Waals surface area contributed by atoms with Gasteiger partial charge < -0.3 is 10.3 Å². The number of nitrogen functional groups attached to an aromatic ring is 1. The van der Waals surface area contributed by atoms with Gasteiger partial charge >= 0.3 is 0 Å².